The lowest BCUT2D eigenvalue weighted by Crippen LogP contribution is -2.15. The van der Waals surface area contributed by atoms with E-state index in [0.29, 0.717) is 0 Å². The van der Waals surface area contributed by atoms with Gasteiger partial charge in [-0.2, -0.15) is 13.5 Å². The number of nitrogens with zero attached hydrogens (tertiary/aromatic N) is 2. The molecule has 112 valence electrons. The average Bonchev–Trinajstić information content (AvgIpc) is 2.87. The van der Waals surface area contributed by atoms with Crippen LogP contribution in [0.5, 0.6) is 0 Å². The third-order valence-electron chi connectivity index (χ3n) is 2.72. The van der Waals surface area contributed by atoms with Crippen molar-refractivity contribution in [3.8, 4) is 0 Å². The summed E-state index contributed by atoms with van der Waals surface area (Å²) in [6.07, 6.45) is 0.987. The van der Waals surface area contributed by atoms with E-state index in [1.54, 1.807) is 6.07 Å². The Balaban J connectivity index is 2.22. The van der Waals surface area contributed by atoms with Gasteiger partial charge in [0.2, 0.25) is 0 Å². The number of nitrogens with one attached hydrogen (secondary N) is 2. The van der Waals surface area contributed by atoms with Gasteiger partial charge in [-0.15, -0.1) is 0 Å². The summed E-state index contributed by atoms with van der Waals surface area (Å²) in [7, 11) is -3.90. The highest BCUT2D eigenvalue weighted by molar-refractivity contribution is 7.92. The standard InChI is InChI=1S/C12H14N4O4S/c1-7(2)9-5-10(15-14-9)16-21(19,20)11-4-3-8(6-13-11)12(17)18/h3-7H,1-2H3,(H,17,18)(H2,14,15,16). The number of carbonyl (C=O) groups is 1. The molecule has 0 aromatic carbocycles. The molecule has 0 fully saturated rings. The molecule has 0 radical (unpaired) electrons. The van der Waals surface area contributed by atoms with Gasteiger partial charge < -0.3 is 5.11 Å². The first-order valence-electron chi connectivity index (χ1n) is 6.07. The minimum atomic E-state index is -3.90. The summed E-state index contributed by atoms with van der Waals surface area (Å²) >= 11 is 0. The molecule has 0 unspecified atom stereocenters. The van der Waals surface area contributed by atoms with Crippen LogP contribution in [0.2, 0.25) is 0 Å². The molecule has 0 aliphatic carbocycles. The number of carboxylic acid groups (broad SMARTS) is 1. The van der Waals surface area contributed by atoms with E-state index in [-0.39, 0.29) is 22.3 Å². The van der Waals surface area contributed by atoms with Crippen LogP contribution in [0.4, 0.5) is 5.82 Å². The second-order valence-corrected chi connectivity index (χ2v) is 6.29. The first-order valence-corrected chi connectivity index (χ1v) is 7.55. The number of rotatable bonds is 5. The first kappa shape index (κ1) is 15.0. The van der Waals surface area contributed by atoms with Gasteiger partial charge in [-0.05, 0) is 18.1 Å². The predicted molar refractivity (Wildman–Crippen MR) is 74.7 cm³/mol. The van der Waals surface area contributed by atoms with Crippen molar-refractivity contribution in [2.75, 3.05) is 4.72 Å². The third kappa shape index (κ3) is 3.37. The quantitative estimate of drug-likeness (QED) is 0.767. The minimum Gasteiger partial charge on any atom is -0.478 e. The largest absolute Gasteiger partial charge is 0.478 e. The van der Waals surface area contributed by atoms with E-state index in [1.165, 1.54) is 6.07 Å². The molecule has 0 aliphatic rings. The number of hydrogen-bond donors (Lipinski definition) is 3. The van der Waals surface area contributed by atoms with Gasteiger partial charge in [0.25, 0.3) is 10.0 Å². The molecule has 2 aromatic rings. The van der Waals surface area contributed by atoms with Crippen molar-refractivity contribution in [3.05, 3.63) is 35.7 Å². The number of hydrogen-bond acceptors (Lipinski definition) is 5. The molecule has 0 aliphatic heterocycles. The van der Waals surface area contributed by atoms with Gasteiger partial charge in [-0.1, -0.05) is 13.8 Å². The summed E-state index contributed by atoms with van der Waals surface area (Å²) in [5, 5.41) is 15.1. The molecular weight excluding hydrogens is 296 g/mol. The van der Waals surface area contributed by atoms with Crippen molar-refractivity contribution in [1.82, 2.24) is 15.2 Å². The fraction of sp³-hybridized carbons (Fsp3) is 0.250. The lowest BCUT2D eigenvalue weighted by Gasteiger charge is -2.04. The van der Waals surface area contributed by atoms with Crippen LogP contribution in [0, 0.1) is 0 Å². The molecule has 3 N–H and O–H groups in total. The van der Waals surface area contributed by atoms with E-state index in [9.17, 15) is 13.2 Å². The number of aromatic amines is 1. The van der Waals surface area contributed by atoms with Crippen LogP contribution in [0.25, 0.3) is 0 Å². The van der Waals surface area contributed by atoms with Crippen LogP contribution in [0.15, 0.2) is 29.4 Å². The monoisotopic (exact) mass is 310 g/mol. The maximum Gasteiger partial charge on any atom is 0.337 e. The van der Waals surface area contributed by atoms with Gasteiger partial charge >= 0.3 is 5.97 Å². The number of aromatic nitrogens is 3. The van der Waals surface area contributed by atoms with Crippen molar-refractivity contribution in [2.45, 2.75) is 24.8 Å². The predicted octanol–water partition coefficient (Wildman–Crippen LogP) is 1.43. The molecule has 0 spiro atoms. The Morgan fingerprint density at radius 1 is 1.38 bits per heavy atom. The number of sulfonamides is 1. The molecule has 0 amide bonds. The second kappa shape index (κ2) is 5.52. The van der Waals surface area contributed by atoms with Crippen molar-refractivity contribution < 1.29 is 18.3 Å². The lowest BCUT2D eigenvalue weighted by molar-refractivity contribution is 0.0696. The summed E-state index contributed by atoms with van der Waals surface area (Å²) in [6.45, 7) is 3.88. The third-order valence-corrected chi connectivity index (χ3v) is 3.99. The second-order valence-electron chi connectivity index (χ2n) is 4.66. The zero-order chi connectivity index (χ0) is 15.6. The van der Waals surface area contributed by atoms with Crippen molar-refractivity contribution in [3.63, 3.8) is 0 Å². The Morgan fingerprint density at radius 3 is 2.57 bits per heavy atom. The van der Waals surface area contributed by atoms with E-state index in [2.05, 4.69) is 19.9 Å². The Morgan fingerprint density at radius 2 is 2.10 bits per heavy atom. The number of H-pyrrole nitrogens is 1. The highest BCUT2D eigenvalue weighted by Gasteiger charge is 2.18. The molecule has 9 heteroatoms. The Labute approximate surface area is 121 Å². The van der Waals surface area contributed by atoms with Crippen LogP contribution >= 0.6 is 0 Å². The molecule has 8 nitrogen and oxygen atoms in total. The van der Waals surface area contributed by atoms with E-state index in [0.717, 1.165) is 18.0 Å². The van der Waals surface area contributed by atoms with E-state index >= 15 is 0 Å². The van der Waals surface area contributed by atoms with Gasteiger partial charge in [0.05, 0.1) is 5.56 Å². The van der Waals surface area contributed by atoms with Crippen LogP contribution in [-0.2, 0) is 10.0 Å². The number of carboxylic acids is 1. The number of aromatic carboxylic acids is 1. The maximum atomic E-state index is 12.1. The van der Waals surface area contributed by atoms with Crippen molar-refractivity contribution >= 4 is 21.8 Å². The summed E-state index contributed by atoms with van der Waals surface area (Å²) in [5.74, 6) is -0.833. The van der Waals surface area contributed by atoms with Crippen LogP contribution in [0.3, 0.4) is 0 Å². The van der Waals surface area contributed by atoms with E-state index in [4.69, 9.17) is 5.11 Å². The molecular formula is C12H14N4O4S. The van der Waals surface area contributed by atoms with Gasteiger partial charge in [0, 0.05) is 18.0 Å². The summed E-state index contributed by atoms with van der Waals surface area (Å²) < 4.78 is 26.5. The average molecular weight is 310 g/mol. The summed E-state index contributed by atoms with van der Waals surface area (Å²) in [5.41, 5.74) is 0.706. The maximum absolute atomic E-state index is 12.1. The zero-order valence-electron chi connectivity index (χ0n) is 11.4. The normalized spacial score (nSPS) is 11.6. The zero-order valence-corrected chi connectivity index (χ0v) is 12.2. The number of pyridine rings is 1. The molecule has 0 saturated carbocycles. The fourth-order valence-corrected chi connectivity index (χ4v) is 2.46. The minimum absolute atomic E-state index is 0.0872. The number of anilines is 1. The van der Waals surface area contributed by atoms with E-state index in [1.807, 2.05) is 13.8 Å². The van der Waals surface area contributed by atoms with Gasteiger partial charge in [0.15, 0.2) is 10.8 Å². The molecule has 2 rings (SSSR count). The molecule has 21 heavy (non-hydrogen) atoms. The molecule has 2 heterocycles. The smallest absolute Gasteiger partial charge is 0.337 e. The van der Waals surface area contributed by atoms with Gasteiger partial charge in [-0.3, -0.25) is 9.82 Å². The topological polar surface area (TPSA) is 125 Å². The van der Waals surface area contributed by atoms with Crippen LogP contribution in [0.1, 0.15) is 35.8 Å². The fourth-order valence-electron chi connectivity index (χ4n) is 1.54. The van der Waals surface area contributed by atoms with Crippen molar-refractivity contribution in [2.24, 2.45) is 0 Å². The van der Waals surface area contributed by atoms with Gasteiger partial charge in [0.1, 0.15) is 0 Å². The Hall–Kier alpha value is -2.42. The Bertz CT molecular complexity index is 750. The highest BCUT2D eigenvalue weighted by atomic mass is 32.2. The first-order chi connectivity index (χ1) is 9.79. The molecule has 0 atom stereocenters. The lowest BCUT2D eigenvalue weighted by atomic mass is 10.1. The van der Waals surface area contributed by atoms with Crippen LogP contribution in [-0.4, -0.2) is 34.7 Å². The summed E-state index contributed by atoms with van der Waals surface area (Å²) in [4.78, 5) is 14.3. The van der Waals surface area contributed by atoms with Crippen molar-refractivity contribution in [1.29, 1.82) is 0 Å². The SMILES string of the molecule is CC(C)c1cc(NS(=O)(=O)c2ccc(C(=O)O)cn2)n[nH]1. The summed E-state index contributed by atoms with van der Waals surface area (Å²) in [6, 6.07) is 3.89. The van der Waals surface area contributed by atoms with Gasteiger partial charge in [-0.25, -0.2) is 9.78 Å². The Kier molecular flexibility index (Phi) is 3.94. The molecule has 0 bridgehead atoms. The van der Waals surface area contributed by atoms with Crippen LogP contribution < -0.4 is 4.72 Å². The van der Waals surface area contributed by atoms with E-state index < -0.39 is 16.0 Å². The molecule has 0 saturated heterocycles. The molecule has 2 aromatic heterocycles. The highest BCUT2D eigenvalue weighted by Crippen LogP contribution is 2.17.